The Morgan fingerprint density at radius 1 is 0.947 bits per heavy atom. The molecule has 190 valence electrons. The number of aliphatic hydroxyl groups excluding tert-OH is 1. The fourth-order valence-corrected chi connectivity index (χ4v) is 4.33. The molecule has 10 heteroatoms. The standard InChI is InChI=1S/C28H23F2N7O/c1-14(2)28(38)33-19-9-17(12-31-13-19)16-10-21-23(22(30)11-16)36-37-25(21)27-34-24-20(7-8-32-26(24)35-27)15-3-5-18(29)6-4-15/h3-14,28,33,38H,1-2H3,(H,36,37)(H,32,34,35). The van der Waals surface area contributed by atoms with Crippen molar-refractivity contribution in [1.29, 1.82) is 0 Å². The molecule has 0 fully saturated rings. The summed E-state index contributed by atoms with van der Waals surface area (Å²) in [6.45, 7) is 3.80. The number of aromatic nitrogens is 6. The number of H-pyrrole nitrogens is 2. The quantitative estimate of drug-likeness (QED) is 0.207. The van der Waals surface area contributed by atoms with Crippen LogP contribution in [0.3, 0.4) is 0 Å². The molecular formula is C28H23F2N7O. The van der Waals surface area contributed by atoms with E-state index in [0.29, 0.717) is 44.9 Å². The van der Waals surface area contributed by atoms with Crippen molar-refractivity contribution in [3.05, 3.63) is 78.8 Å². The van der Waals surface area contributed by atoms with Crippen molar-refractivity contribution in [3.8, 4) is 33.8 Å². The van der Waals surface area contributed by atoms with Gasteiger partial charge in [0.1, 0.15) is 34.6 Å². The van der Waals surface area contributed by atoms with Crippen LogP contribution >= 0.6 is 0 Å². The molecule has 4 N–H and O–H groups in total. The molecule has 0 saturated heterocycles. The smallest absolute Gasteiger partial charge is 0.160 e. The summed E-state index contributed by atoms with van der Waals surface area (Å²) >= 11 is 0. The predicted molar refractivity (Wildman–Crippen MR) is 142 cm³/mol. The van der Waals surface area contributed by atoms with Crippen LogP contribution in [-0.4, -0.2) is 41.5 Å². The second-order valence-electron chi connectivity index (χ2n) is 9.40. The van der Waals surface area contributed by atoms with Crippen LogP contribution in [-0.2, 0) is 0 Å². The largest absolute Gasteiger partial charge is 0.374 e. The highest BCUT2D eigenvalue weighted by atomic mass is 19.1. The van der Waals surface area contributed by atoms with Crippen molar-refractivity contribution >= 4 is 27.8 Å². The van der Waals surface area contributed by atoms with Crippen LogP contribution in [0.1, 0.15) is 13.8 Å². The van der Waals surface area contributed by atoms with Gasteiger partial charge in [-0.1, -0.05) is 26.0 Å². The summed E-state index contributed by atoms with van der Waals surface area (Å²) in [6, 6.07) is 13.0. The molecule has 0 aliphatic carbocycles. The molecule has 8 nitrogen and oxygen atoms in total. The fourth-order valence-electron chi connectivity index (χ4n) is 4.33. The first kappa shape index (κ1) is 23.7. The lowest BCUT2D eigenvalue weighted by molar-refractivity contribution is 0.153. The molecule has 0 aliphatic heterocycles. The number of imidazole rings is 1. The van der Waals surface area contributed by atoms with Gasteiger partial charge in [0.25, 0.3) is 0 Å². The number of fused-ring (bicyclic) bond motifs is 2. The second kappa shape index (κ2) is 9.31. The first-order valence-corrected chi connectivity index (χ1v) is 12.1. The molecule has 1 atom stereocenters. The molecular weight excluding hydrogens is 488 g/mol. The van der Waals surface area contributed by atoms with Crippen molar-refractivity contribution in [2.45, 2.75) is 20.1 Å². The maximum Gasteiger partial charge on any atom is 0.160 e. The number of aromatic amines is 2. The van der Waals surface area contributed by atoms with E-state index in [1.54, 1.807) is 36.8 Å². The Hall–Kier alpha value is -4.70. The summed E-state index contributed by atoms with van der Waals surface area (Å²) < 4.78 is 28.6. The van der Waals surface area contributed by atoms with E-state index in [1.165, 1.54) is 18.2 Å². The summed E-state index contributed by atoms with van der Waals surface area (Å²) in [6.07, 6.45) is 4.14. The first-order chi connectivity index (χ1) is 18.4. The third-order valence-corrected chi connectivity index (χ3v) is 6.41. The topological polar surface area (TPSA) is 115 Å². The highest BCUT2D eigenvalue weighted by Gasteiger charge is 2.19. The van der Waals surface area contributed by atoms with Gasteiger partial charge >= 0.3 is 0 Å². The summed E-state index contributed by atoms with van der Waals surface area (Å²) in [5.41, 5.74) is 5.25. The Morgan fingerprint density at radius 3 is 2.55 bits per heavy atom. The van der Waals surface area contributed by atoms with Gasteiger partial charge in [-0.3, -0.25) is 10.1 Å². The normalized spacial score (nSPS) is 12.5. The minimum atomic E-state index is -0.742. The van der Waals surface area contributed by atoms with Crippen molar-refractivity contribution in [1.82, 2.24) is 30.1 Å². The van der Waals surface area contributed by atoms with Crippen LogP contribution in [0.25, 0.3) is 55.8 Å². The van der Waals surface area contributed by atoms with Gasteiger partial charge in [0.15, 0.2) is 11.5 Å². The van der Waals surface area contributed by atoms with E-state index < -0.39 is 12.0 Å². The lowest BCUT2D eigenvalue weighted by Gasteiger charge is -2.17. The van der Waals surface area contributed by atoms with Gasteiger partial charge in [0.2, 0.25) is 0 Å². The van der Waals surface area contributed by atoms with Gasteiger partial charge in [0.05, 0.1) is 11.9 Å². The summed E-state index contributed by atoms with van der Waals surface area (Å²) in [5.74, 6) is -0.380. The number of aliphatic hydroxyl groups is 1. The molecule has 2 aromatic carbocycles. The molecule has 0 spiro atoms. The van der Waals surface area contributed by atoms with Crippen molar-refractivity contribution < 1.29 is 13.9 Å². The lowest BCUT2D eigenvalue weighted by atomic mass is 10.0. The molecule has 0 bridgehead atoms. The summed E-state index contributed by atoms with van der Waals surface area (Å²) in [5, 5.41) is 20.8. The van der Waals surface area contributed by atoms with Crippen molar-refractivity contribution in [2.75, 3.05) is 5.32 Å². The summed E-state index contributed by atoms with van der Waals surface area (Å²) in [7, 11) is 0. The van der Waals surface area contributed by atoms with Gasteiger partial charge in [-0.05, 0) is 53.4 Å². The number of hydrogen-bond donors (Lipinski definition) is 4. The number of rotatable bonds is 6. The summed E-state index contributed by atoms with van der Waals surface area (Å²) in [4.78, 5) is 16.6. The monoisotopic (exact) mass is 511 g/mol. The van der Waals surface area contributed by atoms with E-state index in [2.05, 4.69) is 30.5 Å². The second-order valence-corrected chi connectivity index (χ2v) is 9.40. The predicted octanol–water partition coefficient (Wildman–Crippen LogP) is 5.89. The minimum absolute atomic E-state index is 0.00260. The Balaban J connectivity index is 1.43. The Morgan fingerprint density at radius 2 is 1.76 bits per heavy atom. The Labute approximate surface area is 215 Å². The van der Waals surface area contributed by atoms with Crippen molar-refractivity contribution in [3.63, 3.8) is 0 Å². The van der Waals surface area contributed by atoms with Crippen LogP contribution in [0.2, 0.25) is 0 Å². The number of nitrogens with zero attached hydrogens (tertiary/aromatic N) is 4. The average Bonchev–Trinajstić information content (AvgIpc) is 3.53. The Kier molecular flexibility index (Phi) is 5.80. The number of pyridine rings is 2. The number of hydrogen-bond acceptors (Lipinski definition) is 6. The molecule has 6 aromatic rings. The third-order valence-electron chi connectivity index (χ3n) is 6.41. The van der Waals surface area contributed by atoms with Gasteiger partial charge in [0, 0.05) is 28.9 Å². The van der Waals surface area contributed by atoms with Crippen LogP contribution in [0.5, 0.6) is 0 Å². The van der Waals surface area contributed by atoms with E-state index in [-0.39, 0.29) is 17.3 Å². The number of anilines is 1. The van der Waals surface area contributed by atoms with Gasteiger partial charge in [-0.25, -0.2) is 18.7 Å². The van der Waals surface area contributed by atoms with Gasteiger partial charge in [-0.15, -0.1) is 0 Å². The number of halogens is 2. The van der Waals surface area contributed by atoms with Gasteiger partial charge < -0.3 is 15.4 Å². The van der Waals surface area contributed by atoms with Crippen molar-refractivity contribution in [2.24, 2.45) is 5.92 Å². The molecule has 1 unspecified atom stereocenters. The molecule has 0 saturated carbocycles. The molecule has 38 heavy (non-hydrogen) atoms. The maximum atomic E-state index is 15.2. The molecule has 0 amide bonds. The number of nitrogens with one attached hydrogen (secondary N) is 3. The van der Waals surface area contributed by atoms with E-state index >= 15 is 4.39 Å². The van der Waals surface area contributed by atoms with E-state index in [1.807, 2.05) is 26.0 Å². The molecule has 0 aliphatic rings. The van der Waals surface area contributed by atoms with Crippen LogP contribution in [0.15, 0.2) is 67.1 Å². The van der Waals surface area contributed by atoms with Crippen LogP contribution in [0.4, 0.5) is 14.5 Å². The molecule has 0 radical (unpaired) electrons. The fraction of sp³-hybridized carbons (Fsp3) is 0.143. The highest BCUT2D eigenvalue weighted by molar-refractivity contribution is 5.97. The molecule has 4 aromatic heterocycles. The molecule has 6 rings (SSSR count). The Bertz CT molecular complexity index is 1780. The third kappa shape index (κ3) is 4.24. The van der Waals surface area contributed by atoms with Crippen LogP contribution < -0.4 is 5.32 Å². The maximum absolute atomic E-state index is 15.2. The zero-order valence-electron chi connectivity index (χ0n) is 20.5. The average molecular weight is 512 g/mol. The minimum Gasteiger partial charge on any atom is -0.374 e. The molecule has 4 heterocycles. The number of benzene rings is 2. The van der Waals surface area contributed by atoms with E-state index in [4.69, 9.17) is 4.98 Å². The first-order valence-electron chi connectivity index (χ1n) is 12.1. The highest BCUT2D eigenvalue weighted by Crippen LogP contribution is 2.34. The zero-order valence-corrected chi connectivity index (χ0v) is 20.5. The SMILES string of the molecule is CC(C)C(O)Nc1cncc(-c2cc(F)c3[nH]nc(-c4nc5c(-c6ccc(F)cc6)ccnc5[nH]4)c3c2)c1. The lowest BCUT2D eigenvalue weighted by Crippen LogP contribution is -2.24. The van der Waals surface area contributed by atoms with Crippen LogP contribution in [0, 0.1) is 17.6 Å². The van der Waals surface area contributed by atoms with E-state index in [0.717, 1.165) is 11.1 Å². The van der Waals surface area contributed by atoms with E-state index in [9.17, 15) is 9.50 Å². The zero-order chi connectivity index (χ0) is 26.4. The van der Waals surface area contributed by atoms with Gasteiger partial charge in [-0.2, -0.15) is 5.10 Å².